The van der Waals surface area contributed by atoms with Crippen LogP contribution in [0.4, 0.5) is 5.69 Å². The SMILES string of the molecule is C=C/C=N\c1cc(C#C[Si](C)(C)C)cn(-c2nc(-c3ccccc3)oc2-c2ccc(Cl)cc2)c1=O. The van der Waals surface area contributed by atoms with E-state index in [0.717, 1.165) is 11.1 Å². The molecule has 2 aromatic heterocycles. The third kappa shape index (κ3) is 5.77. The first-order valence-electron chi connectivity index (χ1n) is 11.0. The number of halogens is 1. The summed E-state index contributed by atoms with van der Waals surface area (Å²) in [5, 5.41) is 0.597. The molecule has 0 saturated heterocycles. The van der Waals surface area contributed by atoms with E-state index in [1.54, 1.807) is 24.4 Å². The van der Waals surface area contributed by atoms with Crippen molar-refractivity contribution in [3.63, 3.8) is 0 Å². The van der Waals surface area contributed by atoms with Crippen molar-refractivity contribution in [2.45, 2.75) is 19.6 Å². The van der Waals surface area contributed by atoms with E-state index in [9.17, 15) is 4.79 Å². The summed E-state index contributed by atoms with van der Waals surface area (Å²) in [6, 6.07) is 18.4. The van der Waals surface area contributed by atoms with Crippen molar-refractivity contribution in [1.29, 1.82) is 0 Å². The molecule has 0 bridgehead atoms. The number of benzene rings is 2. The van der Waals surface area contributed by atoms with Gasteiger partial charge in [0.1, 0.15) is 13.8 Å². The van der Waals surface area contributed by atoms with E-state index in [4.69, 9.17) is 21.0 Å². The Morgan fingerprint density at radius 2 is 1.80 bits per heavy atom. The van der Waals surface area contributed by atoms with Crippen LogP contribution in [0.2, 0.25) is 24.7 Å². The standard InChI is InChI=1S/C28H24ClN3O2Si/c1-5-16-30-24-18-20(15-17-35(2,3)4)19-32(28(24)33)26-25(21-11-13-23(29)14-12-21)34-27(31-26)22-9-7-6-8-10-22/h5-14,16,18-19H,1H2,2-4H3/b30-16-. The van der Waals surface area contributed by atoms with Gasteiger partial charge in [0.25, 0.3) is 5.56 Å². The zero-order valence-electron chi connectivity index (χ0n) is 19.7. The molecule has 2 heterocycles. The number of oxazole rings is 1. The maximum absolute atomic E-state index is 13.5. The Hall–Kier alpha value is -3.92. The lowest BCUT2D eigenvalue weighted by molar-refractivity contribution is 0.588. The Morgan fingerprint density at radius 3 is 2.46 bits per heavy atom. The average Bonchev–Trinajstić information content (AvgIpc) is 3.28. The van der Waals surface area contributed by atoms with Crippen molar-refractivity contribution in [3.05, 3.63) is 100 Å². The van der Waals surface area contributed by atoms with Crippen molar-refractivity contribution in [1.82, 2.24) is 9.55 Å². The highest BCUT2D eigenvalue weighted by atomic mass is 35.5. The van der Waals surface area contributed by atoms with Crippen LogP contribution in [0.5, 0.6) is 0 Å². The molecule has 0 aliphatic heterocycles. The minimum absolute atomic E-state index is 0.235. The summed E-state index contributed by atoms with van der Waals surface area (Å²) in [6.07, 6.45) is 4.69. The topological polar surface area (TPSA) is 60.4 Å². The molecule has 0 aliphatic rings. The molecule has 0 saturated carbocycles. The van der Waals surface area contributed by atoms with E-state index >= 15 is 0 Å². The molecule has 174 valence electrons. The number of pyridine rings is 1. The lowest BCUT2D eigenvalue weighted by Crippen LogP contribution is -2.19. The van der Waals surface area contributed by atoms with Crippen molar-refractivity contribution in [2.24, 2.45) is 4.99 Å². The van der Waals surface area contributed by atoms with Crippen LogP contribution in [-0.4, -0.2) is 23.8 Å². The van der Waals surface area contributed by atoms with Crippen LogP contribution in [0.25, 0.3) is 28.6 Å². The fourth-order valence-corrected chi connectivity index (χ4v) is 3.89. The highest BCUT2D eigenvalue weighted by molar-refractivity contribution is 6.83. The second-order valence-electron chi connectivity index (χ2n) is 8.85. The van der Waals surface area contributed by atoms with Crippen LogP contribution < -0.4 is 5.56 Å². The van der Waals surface area contributed by atoms with Gasteiger partial charge < -0.3 is 4.42 Å². The molecule has 4 aromatic rings. The molecule has 0 radical (unpaired) electrons. The van der Waals surface area contributed by atoms with Gasteiger partial charge in [0, 0.05) is 34.1 Å². The Bertz CT molecular complexity index is 1520. The van der Waals surface area contributed by atoms with Crippen LogP contribution in [0, 0.1) is 11.5 Å². The van der Waals surface area contributed by atoms with E-state index in [1.165, 1.54) is 16.9 Å². The van der Waals surface area contributed by atoms with E-state index in [0.29, 0.717) is 28.1 Å². The summed E-state index contributed by atoms with van der Waals surface area (Å²) in [6.45, 7) is 10.1. The number of allylic oxidation sites excluding steroid dienone is 1. The Labute approximate surface area is 210 Å². The van der Waals surface area contributed by atoms with Gasteiger partial charge in [-0.3, -0.25) is 14.4 Å². The molecule has 0 unspecified atom stereocenters. The number of hydrogen-bond acceptors (Lipinski definition) is 4. The molecular formula is C28H24ClN3O2Si. The van der Waals surface area contributed by atoms with Crippen LogP contribution in [0.3, 0.4) is 0 Å². The van der Waals surface area contributed by atoms with Gasteiger partial charge in [-0.05, 0) is 42.5 Å². The molecular weight excluding hydrogens is 474 g/mol. The number of nitrogens with zero attached hydrogens (tertiary/aromatic N) is 3. The van der Waals surface area contributed by atoms with Crippen LogP contribution >= 0.6 is 11.6 Å². The van der Waals surface area contributed by atoms with Gasteiger partial charge in [-0.15, -0.1) is 5.54 Å². The summed E-state index contributed by atoms with van der Waals surface area (Å²) in [4.78, 5) is 22.5. The van der Waals surface area contributed by atoms with Gasteiger partial charge in [0.05, 0.1) is 0 Å². The number of aromatic nitrogens is 2. The van der Waals surface area contributed by atoms with E-state index < -0.39 is 8.07 Å². The Kier molecular flexibility index (Phi) is 7.01. The Morgan fingerprint density at radius 1 is 1.09 bits per heavy atom. The zero-order valence-corrected chi connectivity index (χ0v) is 21.5. The van der Waals surface area contributed by atoms with Crippen LogP contribution in [0.1, 0.15) is 5.56 Å². The molecule has 5 nitrogen and oxygen atoms in total. The number of rotatable bonds is 5. The normalized spacial score (nSPS) is 11.3. The quantitative estimate of drug-likeness (QED) is 0.170. The molecule has 0 spiro atoms. The first-order valence-corrected chi connectivity index (χ1v) is 14.9. The predicted molar refractivity (Wildman–Crippen MR) is 147 cm³/mol. The lowest BCUT2D eigenvalue weighted by Gasteiger charge is -2.08. The zero-order chi connectivity index (χ0) is 25.0. The van der Waals surface area contributed by atoms with Crippen molar-refractivity contribution >= 4 is 31.6 Å². The van der Waals surface area contributed by atoms with Gasteiger partial charge in [0.2, 0.25) is 5.89 Å². The molecule has 0 N–H and O–H groups in total. The number of aliphatic imine (C=N–C) groups is 1. The second kappa shape index (κ2) is 10.1. The van der Waals surface area contributed by atoms with Crippen molar-refractivity contribution in [3.8, 4) is 40.1 Å². The van der Waals surface area contributed by atoms with Gasteiger partial charge in [-0.1, -0.05) is 68.0 Å². The first-order chi connectivity index (χ1) is 16.7. The molecule has 35 heavy (non-hydrogen) atoms. The smallest absolute Gasteiger partial charge is 0.282 e. The highest BCUT2D eigenvalue weighted by Gasteiger charge is 2.21. The summed E-state index contributed by atoms with van der Waals surface area (Å²) in [5.74, 6) is 4.41. The molecule has 7 heteroatoms. The highest BCUT2D eigenvalue weighted by Crippen LogP contribution is 2.32. The summed E-state index contributed by atoms with van der Waals surface area (Å²) < 4.78 is 7.66. The average molecular weight is 498 g/mol. The minimum Gasteiger partial charge on any atom is -0.434 e. The van der Waals surface area contributed by atoms with Gasteiger partial charge in [0.15, 0.2) is 11.6 Å². The first kappa shape index (κ1) is 24.2. The van der Waals surface area contributed by atoms with E-state index in [-0.39, 0.29) is 11.2 Å². The largest absolute Gasteiger partial charge is 0.434 e. The maximum atomic E-state index is 13.5. The fraction of sp³-hybridized carbons (Fsp3) is 0.107. The number of hydrogen-bond donors (Lipinski definition) is 0. The lowest BCUT2D eigenvalue weighted by atomic mass is 10.1. The maximum Gasteiger partial charge on any atom is 0.282 e. The van der Waals surface area contributed by atoms with E-state index in [1.807, 2.05) is 42.5 Å². The molecule has 2 aromatic carbocycles. The summed E-state index contributed by atoms with van der Waals surface area (Å²) >= 11 is 6.11. The minimum atomic E-state index is -1.65. The third-order valence-corrected chi connectivity index (χ3v) is 5.99. The summed E-state index contributed by atoms with van der Waals surface area (Å²) in [7, 11) is -1.65. The Balaban J connectivity index is 2.00. The van der Waals surface area contributed by atoms with Gasteiger partial charge in [-0.25, -0.2) is 0 Å². The predicted octanol–water partition coefficient (Wildman–Crippen LogP) is 6.93. The second-order valence-corrected chi connectivity index (χ2v) is 14.0. The van der Waals surface area contributed by atoms with Crippen LogP contribution in [-0.2, 0) is 0 Å². The van der Waals surface area contributed by atoms with Crippen molar-refractivity contribution < 1.29 is 4.42 Å². The molecule has 0 atom stereocenters. The summed E-state index contributed by atoms with van der Waals surface area (Å²) in [5.41, 5.74) is 5.43. The molecule has 0 amide bonds. The molecule has 0 aliphatic carbocycles. The van der Waals surface area contributed by atoms with Crippen LogP contribution in [0.15, 0.2) is 93.7 Å². The molecule has 0 fully saturated rings. The monoisotopic (exact) mass is 497 g/mol. The van der Waals surface area contributed by atoms with E-state index in [2.05, 4.69) is 42.7 Å². The van der Waals surface area contributed by atoms with Gasteiger partial charge in [-0.2, -0.15) is 4.98 Å². The fourth-order valence-electron chi connectivity index (χ4n) is 3.25. The third-order valence-electron chi connectivity index (χ3n) is 4.86. The van der Waals surface area contributed by atoms with Gasteiger partial charge >= 0.3 is 0 Å². The van der Waals surface area contributed by atoms with Crippen molar-refractivity contribution in [2.75, 3.05) is 0 Å². The molecule has 4 rings (SSSR count).